The number of hydrogen-bond acceptors (Lipinski definition) is 5. The summed E-state index contributed by atoms with van der Waals surface area (Å²) in [6.07, 6.45) is 1.64. The average Bonchev–Trinajstić information content (AvgIpc) is 2.19. The van der Waals surface area contributed by atoms with Gasteiger partial charge in [0.1, 0.15) is 5.82 Å². The second kappa shape index (κ2) is 6.33. The van der Waals surface area contributed by atoms with Crippen LogP contribution in [0.5, 0.6) is 0 Å². The van der Waals surface area contributed by atoms with Crippen molar-refractivity contribution in [3.8, 4) is 0 Å². The van der Waals surface area contributed by atoms with Gasteiger partial charge in [0.2, 0.25) is 0 Å². The van der Waals surface area contributed by atoms with E-state index in [2.05, 4.69) is 15.5 Å². The van der Waals surface area contributed by atoms with E-state index in [1.54, 1.807) is 6.20 Å². The first-order chi connectivity index (χ1) is 6.43. The molecule has 5 nitrogen and oxygen atoms in total. The van der Waals surface area contributed by atoms with E-state index in [0.717, 1.165) is 12.4 Å². The van der Waals surface area contributed by atoms with Gasteiger partial charge in [-0.25, -0.2) is 0 Å². The molecule has 0 spiro atoms. The first kappa shape index (κ1) is 9.88. The van der Waals surface area contributed by atoms with Crippen LogP contribution in [-0.4, -0.2) is 36.5 Å². The van der Waals surface area contributed by atoms with Crippen LogP contribution in [-0.2, 0) is 4.74 Å². The third-order valence-corrected chi connectivity index (χ3v) is 1.39. The fourth-order valence-corrected chi connectivity index (χ4v) is 0.832. The zero-order valence-electron chi connectivity index (χ0n) is 7.44. The van der Waals surface area contributed by atoms with Gasteiger partial charge < -0.3 is 15.8 Å². The molecule has 0 aliphatic rings. The van der Waals surface area contributed by atoms with Gasteiger partial charge in [-0.1, -0.05) is 0 Å². The van der Waals surface area contributed by atoms with Crippen LogP contribution < -0.4 is 11.1 Å². The zero-order chi connectivity index (χ0) is 9.36. The molecule has 0 saturated carbocycles. The molecule has 1 aromatic heterocycles. The minimum Gasteiger partial charge on any atom is -0.378 e. The van der Waals surface area contributed by atoms with E-state index in [-0.39, 0.29) is 0 Å². The molecule has 0 fully saturated rings. The van der Waals surface area contributed by atoms with E-state index in [1.807, 2.05) is 12.1 Å². The molecule has 72 valence electrons. The molecule has 0 atom stereocenters. The maximum atomic E-state index is 5.25. The molecule has 1 heterocycles. The molecule has 0 aliphatic carbocycles. The minimum atomic E-state index is 0.561. The van der Waals surface area contributed by atoms with Gasteiger partial charge in [0.05, 0.1) is 13.2 Å². The number of rotatable bonds is 6. The second-order valence-corrected chi connectivity index (χ2v) is 2.44. The van der Waals surface area contributed by atoms with Crippen molar-refractivity contribution in [1.82, 2.24) is 10.2 Å². The number of anilines is 1. The summed E-state index contributed by atoms with van der Waals surface area (Å²) in [5.74, 6) is 0.763. The highest BCUT2D eigenvalue weighted by Crippen LogP contribution is 1.95. The lowest BCUT2D eigenvalue weighted by atomic mass is 10.5. The van der Waals surface area contributed by atoms with E-state index in [9.17, 15) is 0 Å². The lowest BCUT2D eigenvalue weighted by Gasteiger charge is -2.04. The third kappa shape index (κ3) is 4.39. The van der Waals surface area contributed by atoms with Crippen LogP contribution in [0.15, 0.2) is 18.3 Å². The van der Waals surface area contributed by atoms with Crippen LogP contribution in [0.2, 0.25) is 0 Å². The molecular formula is C8H14N4O. The van der Waals surface area contributed by atoms with Crippen LogP contribution in [0.4, 0.5) is 5.82 Å². The Morgan fingerprint density at radius 3 is 3.08 bits per heavy atom. The predicted octanol–water partition coefficient (Wildman–Crippen LogP) is -0.136. The van der Waals surface area contributed by atoms with Crippen molar-refractivity contribution in [2.24, 2.45) is 5.73 Å². The van der Waals surface area contributed by atoms with Crippen LogP contribution >= 0.6 is 0 Å². The maximum absolute atomic E-state index is 5.25. The van der Waals surface area contributed by atoms with Gasteiger partial charge in [0.25, 0.3) is 0 Å². The van der Waals surface area contributed by atoms with E-state index in [1.165, 1.54) is 0 Å². The predicted molar refractivity (Wildman–Crippen MR) is 50.4 cm³/mol. The Kier molecular flexibility index (Phi) is 4.81. The Morgan fingerprint density at radius 1 is 1.46 bits per heavy atom. The van der Waals surface area contributed by atoms with Crippen molar-refractivity contribution in [3.63, 3.8) is 0 Å². The number of nitrogens with one attached hydrogen (secondary N) is 1. The molecule has 0 aromatic carbocycles. The molecule has 1 aromatic rings. The van der Waals surface area contributed by atoms with E-state index < -0.39 is 0 Å². The largest absolute Gasteiger partial charge is 0.378 e. The van der Waals surface area contributed by atoms with E-state index >= 15 is 0 Å². The van der Waals surface area contributed by atoms with E-state index in [0.29, 0.717) is 19.8 Å². The van der Waals surface area contributed by atoms with Crippen molar-refractivity contribution < 1.29 is 4.74 Å². The smallest absolute Gasteiger partial charge is 0.148 e. The monoisotopic (exact) mass is 182 g/mol. The summed E-state index contributed by atoms with van der Waals surface area (Å²) in [6, 6.07) is 3.69. The van der Waals surface area contributed by atoms with Crippen molar-refractivity contribution >= 4 is 5.82 Å². The van der Waals surface area contributed by atoms with Gasteiger partial charge >= 0.3 is 0 Å². The van der Waals surface area contributed by atoms with Crippen molar-refractivity contribution in [2.45, 2.75) is 0 Å². The summed E-state index contributed by atoms with van der Waals surface area (Å²) >= 11 is 0. The molecular weight excluding hydrogens is 168 g/mol. The zero-order valence-corrected chi connectivity index (χ0v) is 7.44. The van der Waals surface area contributed by atoms with Crippen LogP contribution in [0.25, 0.3) is 0 Å². The molecule has 0 amide bonds. The quantitative estimate of drug-likeness (QED) is 0.599. The third-order valence-electron chi connectivity index (χ3n) is 1.39. The SMILES string of the molecule is NCCOCCNc1cccnn1. The average molecular weight is 182 g/mol. The Hall–Kier alpha value is -1.20. The molecule has 0 aliphatic heterocycles. The maximum Gasteiger partial charge on any atom is 0.148 e. The fourth-order valence-electron chi connectivity index (χ4n) is 0.832. The summed E-state index contributed by atoms with van der Waals surface area (Å²) in [7, 11) is 0. The summed E-state index contributed by atoms with van der Waals surface area (Å²) < 4.78 is 5.17. The van der Waals surface area contributed by atoms with Crippen LogP contribution in [0, 0.1) is 0 Å². The Morgan fingerprint density at radius 2 is 2.38 bits per heavy atom. The topological polar surface area (TPSA) is 73.1 Å². The van der Waals surface area contributed by atoms with Gasteiger partial charge in [-0.3, -0.25) is 0 Å². The number of nitrogens with two attached hydrogens (primary N) is 1. The summed E-state index contributed by atoms with van der Waals surface area (Å²) in [6.45, 7) is 2.51. The highest BCUT2D eigenvalue weighted by molar-refractivity contribution is 5.30. The molecule has 0 bridgehead atoms. The normalized spacial score (nSPS) is 9.92. The lowest BCUT2D eigenvalue weighted by Crippen LogP contribution is -2.14. The highest BCUT2D eigenvalue weighted by atomic mass is 16.5. The fraction of sp³-hybridized carbons (Fsp3) is 0.500. The molecule has 3 N–H and O–H groups in total. The lowest BCUT2D eigenvalue weighted by molar-refractivity contribution is 0.151. The first-order valence-corrected chi connectivity index (χ1v) is 4.23. The van der Waals surface area contributed by atoms with Crippen LogP contribution in [0.3, 0.4) is 0 Å². The number of hydrogen-bond donors (Lipinski definition) is 2. The Balaban J connectivity index is 2.07. The van der Waals surface area contributed by atoms with Crippen molar-refractivity contribution in [2.75, 3.05) is 31.6 Å². The Labute approximate surface area is 77.3 Å². The van der Waals surface area contributed by atoms with E-state index in [4.69, 9.17) is 10.5 Å². The standard InChI is InChI=1S/C8H14N4O/c9-3-6-13-7-5-10-8-2-1-4-11-12-8/h1-2,4H,3,5-7,9H2,(H,10,12). The highest BCUT2D eigenvalue weighted by Gasteiger charge is 1.90. The second-order valence-electron chi connectivity index (χ2n) is 2.44. The van der Waals surface area contributed by atoms with Gasteiger partial charge in [0.15, 0.2) is 0 Å². The first-order valence-electron chi connectivity index (χ1n) is 4.23. The summed E-state index contributed by atoms with van der Waals surface area (Å²) in [4.78, 5) is 0. The molecule has 0 saturated heterocycles. The summed E-state index contributed by atoms with van der Waals surface area (Å²) in [5.41, 5.74) is 5.25. The molecule has 1 rings (SSSR count). The Bertz CT molecular complexity index is 217. The van der Waals surface area contributed by atoms with Gasteiger partial charge in [-0.05, 0) is 12.1 Å². The van der Waals surface area contributed by atoms with Crippen LogP contribution in [0.1, 0.15) is 0 Å². The van der Waals surface area contributed by atoms with Gasteiger partial charge in [-0.15, -0.1) is 5.10 Å². The number of ether oxygens (including phenoxy) is 1. The number of nitrogens with zero attached hydrogens (tertiary/aromatic N) is 2. The molecule has 13 heavy (non-hydrogen) atoms. The van der Waals surface area contributed by atoms with Crippen molar-refractivity contribution in [1.29, 1.82) is 0 Å². The molecule has 0 radical (unpaired) electrons. The van der Waals surface area contributed by atoms with Gasteiger partial charge in [0, 0.05) is 19.3 Å². The summed E-state index contributed by atoms with van der Waals surface area (Å²) in [5, 5.41) is 10.6. The van der Waals surface area contributed by atoms with Gasteiger partial charge in [-0.2, -0.15) is 5.10 Å². The number of aromatic nitrogens is 2. The minimum absolute atomic E-state index is 0.561. The molecule has 5 heteroatoms. The van der Waals surface area contributed by atoms with Crippen molar-refractivity contribution in [3.05, 3.63) is 18.3 Å². The molecule has 0 unspecified atom stereocenters.